The number of carbonyl (C=O) groups excluding carboxylic acids is 1. The molecule has 2 N–H and O–H groups in total. The van der Waals surface area contributed by atoms with Crippen LogP contribution in [-0.4, -0.2) is 41.8 Å². The van der Waals surface area contributed by atoms with Crippen molar-refractivity contribution in [2.45, 2.75) is 64.9 Å². The second-order valence-electron chi connectivity index (χ2n) is 8.41. The van der Waals surface area contributed by atoms with Gasteiger partial charge < -0.3 is 14.8 Å². The summed E-state index contributed by atoms with van der Waals surface area (Å²) in [5, 5.41) is 14.5. The van der Waals surface area contributed by atoms with E-state index in [0.29, 0.717) is 22.9 Å². The summed E-state index contributed by atoms with van der Waals surface area (Å²) in [5.41, 5.74) is 1.16. The first kappa shape index (κ1) is 22.7. The molecule has 0 unspecified atom stereocenters. The Bertz CT molecular complexity index is 802. The Balaban J connectivity index is 2.15. The maximum Gasteiger partial charge on any atom is 0.208 e. The van der Waals surface area contributed by atoms with Crippen molar-refractivity contribution < 1.29 is 14.3 Å². The van der Waals surface area contributed by atoms with Crippen molar-refractivity contribution in [3.63, 3.8) is 0 Å². The number of ketones is 1. The van der Waals surface area contributed by atoms with Gasteiger partial charge in [-0.3, -0.25) is 4.79 Å². The van der Waals surface area contributed by atoms with Gasteiger partial charge in [-0.2, -0.15) is 0 Å². The van der Waals surface area contributed by atoms with E-state index in [1.807, 2.05) is 0 Å². The first-order valence-corrected chi connectivity index (χ1v) is 13.3. The van der Waals surface area contributed by atoms with Gasteiger partial charge in [0.1, 0.15) is 12.1 Å². The first-order chi connectivity index (χ1) is 13.1. The summed E-state index contributed by atoms with van der Waals surface area (Å²) in [6, 6.07) is 1.76. The fourth-order valence-electron chi connectivity index (χ4n) is 2.30. The molecule has 2 rings (SSSR count). The van der Waals surface area contributed by atoms with E-state index >= 15 is 0 Å². The van der Waals surface area contributed by atoms with Crippen molar-refractivity contribution in [1.29, 1.82) is 0 Å². The van der Waals surface area contributed by atoms with E-state index in [4.69, 9.17) is 4.43 Å². The number of rotatable bonds is 9. The molecular weight excluding hydrogens is 390 g/mol. The van der Waals surface area contributed by atoms with Crippen LogP contribution in [0.5, 0.6) is 0 Å². The van der Waals surface area contributed by atoms with Crippen LogP contribution in [0, 0.1) is 0 Å². The molecule has 0 aliphatic heterocycles. The molecule has 0 aromatic carbocycles. The fraction of sp³-hybridized carbons (Fsp3) is 0.550. The number of aliphatic hydroxyl groups excluding tert-OH is 1. The van der Waals surface area contributed by atoms with Crippen LogP contribution in [0.3, 0.4) is 0 Å². The normalized spacial score (nSPS) is 13.4. The summed E-state index contributed by atoms with van der Waals surface area (Å²) in [4.78, 5) is 21.8. The maximum atomic E-state index is 12.9. The Hall–Kier alpha value is -1.61. The first-order valence-electron chi connectivity index (χ1n) is 9.52. The SMILES string of the molecule is CC[C@H](CO[Si](C)(C)C(C)(C)C)Nc1ncncc1C(=O)c1cc(CO)cs1. The smallest absolute Gasteiger partial charge is 0.208 e. The number of aliphatic hydroxyl groups is 1. The molecule has 28 heavy (non-hydrogen) atoms. The van der Waals surface area contributed by atoms with E-state index in [0.717, 1.165) is 12.0 Å². The van der Waals surface area contributed by atoms with Crippen LogP contribution in [-0.2, 0) is 11.0 Å². The Labute approximate surface area is 172 Å². The van der Waals surface area contributed by atoms with Crippen LogP contribution in [0.15, 0.2) is 24.0 Å². The van der Waals surface area contributed by atoms with E-state index in [1.165, 1.54) is 23.9 Å². The zero-order valence-electron chi connectivity index (χ0n) is 17.6. The molecule has 2 aromatic rings. The van der Waals surface area contributed by atoms with Crippen molar-refractivity contribution in [3.8, 4) is 0 Å². The van der Waals surface area contributed by atoms with Crippen LogP contribution in [0.25, 0.3) is 0 Å². The lowest BCUT2D eigenvalue weighted by atomic mass is 10.1. The maximum absolute atomic E-state index is 12.9. The summed E-state index contributed by atoms with van der Waals surface area (Å²) in [5.74, 6) is 0.373. The fourth-order valence-corrected chi connectivity index (χ4v) is 4.21. The summed E-state index contributed by atoms with van der Waals surface area (Å²) >= 11 is 1.31. The summed E-state index contributed by atoms with van der Waals surface area (Å²) in [7, 11) is -1.85. The van der Waals surface area contributed by atoms with Gasteiger partial charge in [0, 0.05) is 12.2 Å². The molecule has 0 aliphatic carbocycles. The Kier molecular flexibility index (Phi) is 7.50. The Morgan fingerprint density at radius 2 is 2.11 bits per heavy atom. The van der Waals surface area contributed by atoms with E-state index in [1.54, 1.807) is 11.4 Å². The Morgan fingerprint density at radius 3 is 2.68 bits per heavy atom. The zero-order valence-corrected chi connectivity index (χ0v) is 19.4. The monoisotopic (exact) mass is 421 g/mol. The number of anilines is 1. The lowest BCUT2D eigenvalue weighted by molar-refractivity contribution is 0.104. The highest BCUT2D eigenvalue weighted by Gasteiger charge is 2.37. The predicted octanol–water partition coefficient (Wildman–Crippen LogP) is 4.47. The quantitative estimate of drug-likeness (QED) is 0.459. The number of hydrogen-bond donors (Lipinski definition) is 2. The van der Waals surface area contributed by atoms with E-state index in [9.17, 15) is 9.90 Å². The number of nitrogens with zero attached hydrogens (tertiary/aromatic N) is 2. The highest BCUT2D eigenvalue weighted by molar-refractivity contribution is 7.12. The van der Waals surface area contributed by atoms with E-state index in [-0.39, 0.29) is 23.5 Å². The second-order valence-corrected chi connectivity index (χ2v) is 14.1. The van der Waals surface area contributed by atoms with Crippen LogP contribution in [0.1, 0.15) is 54.9 Å². The van der Waals surface area contributed by atoms with E-state index in [2.05, 4.69) is 56.1 Å². The van der Waals surface area contributed by atoms with Gasteiger partial charge in [0.05, 0.1) is 23.7 Å². The van der Waals surface area contributed by atoms with Gasteiger partial charge in [0.15, 0.2) is 8.32 Å². The number of carbonyl (C=O) groups is 1. The molecule has 0 spiro atoms. The van der Waals surface area contributed by atoms with Gasteiger partial charge in [-0.25, -0.2) is 9.97 Å². The third-order valence-corrected chi connectivity index (χ3v) is 10.8. The molecule has 8 heteroatoms. The molecule has 2 heterocycles. The third kappa shape index (κ3) is 5.47. The van der Waals surface area contributed by atoms with E-state index < -0.39 is 8.32 Å². The average Bonchev–Trinajstić information content (AvgIpc) is 3.13. The number of hydrogen-bond acceptors (Lipinski definition) is 7. The Morgan fingerprint density at radius 1 is 1.39 bits per heavy atom. The average molecular weight is 422 g/mol. The molecule has 2 aromatic heterocycles. The third-order valence-electron chi connectivity index (χ3n) is 5.30. The second kappa shape index (κ2) is 9.26. The summed E-state index contributed by atoms with van der Waals surface area (Å²) in [6.45, 7) is 13.7. The van der Waals surface area contributed by atoms with Crippen molar-refractivity contribution in [1.82, 2.24) is 9.97 Å². The van der Waals surface area contributed by atoms with Crippen LogP contribution < -0.4 is 5.32 Å². The highest BCUT2D eigenvalue weighted by Crippen LogP contribution is 2.36. The van der Waals surface area contributed by atoms with Crippen LogP contribution in [0.4, 0.5) is 5.82 Å². The van der Waals surface area contributed by atoms with Crippen molar-refractivity contribution in [2.75, 3.05) is 11.9 Å². The van der Waals surface area contributed by atoms with Gasteiger partial charge in [0.25, 0.3) is 0 Å². The highest BCUT2D eigenvalue weighted by atomic mass is 32.1. The molecular formula is C20H31N3O3SSi. The lowest BCUT2D eigenvalue weighted by Gasteiger charge is -2.37. The van der Waals surface area contributed by atoms with Crippen molar-refractivity contribution in [2.24, 2.45) is 0 Å². The van der Waals surface area contributed by atoms with Gasteiger partial charge in [-0.15, -0.1) is 11.3 Å². The minimum Gasteiger partial charge on any atom is -0.415 e. The van der Waals surface area contributed by atoms with Crippen molar-refractivity contribution >= 4 is 31.3 Å². The minimum absolute atomic E-state index is 0.0481. The largest absolute Gasteiger partial charge is 0.415 e. The molecule has 6 nitrogen and oxygen atoms in total. The predicted molar refractivity (Wildman–Crippen MR) is 117 cm³/mol. The standard InChI is InChI=1S/C20H31N3O3SSi/c1-7-15(11-26-28(5,6)20(2,3)4)23-19-16(9-21-13-22-19)18(25)17-8-14(10-24)12-27-17/h8-9,12-13,15,24H,7,10-11H2,1-6H3,(H,21,22,23)/t15-/m1/s1. The summed E-state index contributed by atoms with van der Waals surface area (Å²) < 4.78 is 6.34. The van der Waals surface area contributed by atoms with Gasteiger partial charge >= 0.3 is 0 Å². The molecule has 0 aliphatic rings. The lowest BCUT2D eigenvalue weighted by Crippen LogP contribution is -2.43. The zero-order chi connectivity index (χ0) is 20.9. The topological polar surface area (TPSA) is 84.3 Å². The van der Waals surface area contributed by atoms with Crippen LogP contribution in [0.2, 0.25) is 18.1 Å². The van der Waals surface area contributed by atoms with Gasteiger partial charge in [-0.05, 0) is 41.6 Å². The molecule has 0 amide bonds. The van der Waals surface area contributed by atoms with Gasteiger partial charge in [-0.1, -0.05) is 27.7 Å². The molecule has 0 saturated carbocycles. The molecule has 0 saturated heterocycles. The van der Waals surface area contributed by atoms with Gasteiger partial charge in [0.2, 0.25) is 5.78 Å². The molecule has 0 radical (unpaired) electrons. The summed E-state index contributed by atoms with van der Waals surface area (Å²) in [6.07, 6.45) is 3.82. The molecule has 0 bridgehead atoms. The van der Waals surface area contributed by atoms with Crippen LogP contribution >= 0.6 is 11.3 Å². The number of thiophene rings is 1. The number of aromatic nitrogens is 2. The van der Waals surface area contributed by atoms with Crippen molar-refractivity contribution in [3.05, 3.63) is 40.0 Å². The number of nitrogens with one attached hydrogen (secondary N) is 1. The molecule has 1 atom stereocenters. The molecule has 154 valence electrons. The minimum atomic E-state index is -1.85. The molecule has 0 fully saturated rings.